The van der Waals surface area contributed by atoms with Crippen molar-refractivity contribution < 1.29 is 19.7 Å². The second-order valence-corrected chi connectivity index (χ2v) is 4.21. The number of aliphatic imine (C=N–C) groups is 1. The maximum Gasteiger partial charge on any atom is 0.303 e. The summed E-state index contributed by atoms with van der Waals surface area (Å²) < 4.78 is 5.55. The van der Waals surface area contributed by atoms with Gasteiger partial charge in [0.05, 0.1) is 13.0 Å². The van der Waals surface area contributed by atoms with Crippen LogP contribution < -0.4 is 0 Å². The average Bonchev–Trinajstić information content (AvgIpc) is 2.77. The number of benzene rings is 1. The second-order valence-electron chi connectivity index (χ2n) is 4.21. The molecule has 18 heavy (non-hydrogen) atoms. The Morgan fingerprint density at radius 2 is 2.22 bits per heavy atom. The molecule has 0 aliphatic carbocycles. The number of ether oxygens (including phenoxy) is 1. The van der Waals surface area contributed by atoms with Crippen LogP contribution in [0.3, 0.4) is 0 Å². The van der Waals surface area contributed by atoms with Crippen LogP contribution in [-0.2, 0) is 16.0 Å². The van der Waals surface area contributed by atoms with Crippen LogP contribution in [0.25, 0.3) is 0 Å². The van der Waals surface area contributed by atoms with Gasteiger partial charge >= 0.3 is 5.97 Å². The summed E-state index contributed by atoms with van der Waals surface area (Å²) in [6.45, 7) is 0.496. The quantitative estimate of drug-likeness (QED) is 0.830. The molecule has 1 aromatic rings. The van der Waals surface area contributed by atoms with Gasteiger partial charge in [-0.3, -0.25) is 9.79 Å². The molecule has 1 unspecified atom stereocenters. The Balaban J connectivity index is 1.86. The van der Waals surface area contributed by atoms with Gasteiger partial charge in [-0.15, -0.1) is 0 Å². The van der Waals surface area contributed by atoms with E-state index in [4.69, 9.17) is 9.84 Å². The van der Waals surface area contributed by atoms with Crippen LogP contribution >= 0.6 is 0 Å². The van der Waals surface area contributed by atoms with Gasteiger partial charge in [-0.05, 0) is 12.5 Å². The number of hydrogen-bond acceptors (Lipinski definition) is 4. The summed E-state index contributed by atoms with van der Waals surface area (Å²) >= 11 is 0. The lowest BCUT2D eigenvalue weighted by Gasteiger charge is -2.10. The van der Waals surface area contributed by atoms with E-state index in [1.165, 1.54) is 0 Å². The minimum absolute atomic E-state index is 0.0874. The van der Waals surface area contributed by atoms with Gasteiger partial charge in [0.15, 0.2) is 5.90 Å². The Bertz CT molecular complexity index is 470. The van der Waals surface area contributed by atoms with Gasteiger partial charge < -0.3 is 14.9 Å². The fourth-order valence-electron chi connectivity index (χ4n) is 1.83. The zero-order valence-corrected chi connectivity index (χ0v) is 9.87. The van der Waals surface area contributed by atoms with E-state index in [0.717, 1.165) is 5.56 Å². The smallest absolute Gasteiger partial charge is 0.303 e. The first-order valence-electron chi connectivity index (χ1n) is 5.84. The number of phenolic OH excluding ortho intramolecular Hbond substituents is 1. The van der Waals surface area contributed by atoms with Gasteiger partial charge in [0, 0.05) is 12.0 Å². The number of phenols is 1. The molecule has 0 amide bonds. The predicted octanol–water partition coefficient (Wildman–Crippen LogP) is 1.60. The molecular formula is C13H15NO4. The molecule has 1 atom stereocenters. The highest BCUT2D eigenvalue weighted by molar-refractivity contribution is 5.80. The van der Waals surface area contributed by atoms with Crippen molar-refractivity contribution in [1.29, 1.82) is 0 Å². The number of para-hydroxylation sites is 1. The normalized spacial score (nSPS) is 18.2. The molecule has 5 nitrogen and oxygen atoms in total. The average molecular weight is 249 g/mol. The lowest BCUT2D eigenvalue weighted by Crippen LogP contribution is -2.15. The van der Waals surface area contributed by atoms with Gasteiger partial charge in [-0.1, -0.05) is 18.2 Å². The van der Waals surface area contributed by atoms with Crippen molar-refractivity contribution in [2.45, 2.75) is 25.4 Å². The van der Waals surface area contributed by atoms with Crippen molar-refractivity contribution >= 4 is 11.9 Å². The topological polar surface area (TPSA) is 79.1 Å². The van der Waals surface area contributed by atoms with Crippen molar-refractivity contribution in [1.82, 2.24) is 0 Å². The number of rotatable bonds is 5. The van der Waals surface area contributed by atoms with Gasteiger partial charge in [0.2, 0.25) is 0 Å². The Kier molecular flexibility index (Phi) is 3.82. The van der Waals surface area contributed by atoms with Gasteiger partial charge in [0.25, 0.3) is 0 Å². The molecule has 2 rings (SSSR count). The molecule has 1 aliphatic heterocycles. The number of carboxylic acids is 1. The highest BCUT2D eigenvalue weighted by Crippen LogP contribution is 2.19. The van der Waals surface area contributed by atoms with E-state index in [9.17, 15) is 9.90 Å². The molecule has 2 N–H and O–H groups in total. The molecule has 0 bridgehead atoms. The SMILES string of the molecule is O=C(O)CCC1CN=C(Cc2ccccc2O)O1. The van der Waals surface area contributed by atoms with E-state index in [1.54, 1.807) is 12.1 Å². The number of nitrogens with zero attached hydrogens (tertiary/aromatic N) is 1. The number of hydrogen-bond donors (Lipinski definition) is 2. The van der Waals surface area contributed by atoms with Crippen LogP contribution in [0.1, 0.15) is 18.4 Å². The highest BCUT2D eigenvalue weighted by Gasteiger charge is 2.21. The number of aromatic hydroxyl groups is 1. The van der Waals surface area contributed by atoms with Crippen molar-refractivity contribution in [2.75, 3.05) is 6.54 Å². The minimum Gasteiger partial charge on any atom is -0.508 e. The maximum atomic E-state index is 10.4. The molecule has 0 fully saturated rings. The summed E-state index contributed by atoms with van der Waals surface area (Å²) in [4.78, 5) is 14.7. The van der Waals surface area contributed by atoms with E-state index in [0.29, 0.717) is 25.3 Å². The molecule has 0 aromatic heterocycles. The van der Waals surface area contributed by atoms with Crippen molar-refractivity contribution in [3.8, 4) is 5.75 Å². The Morgan fingerprint density at radius 3 is 2.94 bits per heavy atom. The summed E-state index contributed by atoms with van der Waals surface area (Å²) in [6, 6.07) is 7.02. The summed E-state index contributed by atoms with van der Waals surface area (Å²) in [7, 11) is 0. The largest absolute Gasteiger partial charge is 0.508 e. The highest BCUT2D eigenvalue weighted by atomic mass is 16.5. The van der Waals surface area contributed by atoms with E-state index >= 15 is 0 Å². The molecule has 0 radical (unpaired) electrons. The van der Waals surface area contributed by atoms with Crippen molar-refractivity contribution in [3.05, 3.63) is 29.8 Å². The Hall–Kier alpha value is -2.04. The van der Waals surface area contributed by atoms with E-state index in [-0.39, 0.29) is 18.3 Å². The minimum atomic E-state index is -0.826. The lowest BCUT2D eigenvalue weighted by atomic mass is 10.1. The van der Waals surface area contributed by atoms with Crippen LogP contribution in [0.15, 0.2) is 29.3 Å². The first-order chi connectivity index (χ1) is 8.65. The molecule has 0 saturated heterocycles. The van der Waals surface area contributed by atoms with Gasteiger partial charge in [0.1, 0.15) is 11.9 Å². The summed E-state index contributed by atoms with van der Waals surface area (Å²) in [5.41, 5.74) is 0.759. The molecule has 5 heteroatoms. The number of carboxylic acid groups (broad SMARTS) is 1. The fourth-order valence-corrected chi connectivity index (χ4v) is 1.83. The Morgan fingerprint density at radius 1 is 1.44 bits per heavy atom. The third-order valence-corrected chi connectivity index (χ3v) is 2.79. The van der Waals surface area contributed by atoms with Gasteiger partial charge in [-0.2, -0.15) is 0 Å². The molecule has 0 saturated carbocycles. The van der Waals surface area contributed by atoms with Crippen LogP contribution in [-0.4, -0.2) is 34.7 Å². The summed E-state index contributed by atoms with van der Waals surface area (Å²) in [5, 5.41) is 18.2. The monoisotopic (exact) mass is 249 g/mol. The third-order valence-electron chi connectivity index (χ3n) is 2.79. The van der Waals surface area contributed by atoms with Crippen LogP contribution in [0.4, 0.5) is 0 Å². The van der Waals surface area contributed by atoms with Crippen LogP contribution in [0.5, 0.6) is 5.75 Å². The molecular weight excluding hydrogens is 234 g/mol. The second kappa shape index (κ2) is 5.53. The van der Waals surface area contributed by atoms with Gasteiger partial charge in [-0.25, -0.2) is 0 Å². The zero-order valence-electron chi connectivity index (χ0n) is 9.87. The molecule has 1 aromatic carbocycles. The fraction of sp³-hybridized carbons (Fsp3) is 0.385. The summed E-state index contributed by atoms with van der Waals surface area (Å²) in [5.74, 6) is -0.0440. The molecule has 1 aliphatic rings. The van der Waals surface area contributed by atoms with E-state index in [2.05, 4.69) is 4.99 Å². The maximum absolute atomic E-state index is 10.4. The van der Waals surface area contributed by atoms with Crippen LogP contribution in [0.2, 0.25) is 0 Å². The molecule has 0 spiro atoms. The summed E-state index contributed by atoms with van der Waals surface area (Å²) in [6.07, 6.45) is 0.839. The lowest BCUT2D eigenvalue weighted by molar-refractivity contribution is -0.137. The number of aliphatic carboxylic acids is 1. The Labute approximate surface area is 105 Å². The van der Waals surface area contributed by atoms with E-state index in [1.807, 2.05) is 12.1 Å². The molecule has 1 heterocycles. The first-order valence-corrected chi connectivity index (χ1v) is 5.84. The van der Waals surface area contributed by atoms with Crippen molar-refractivity contribution in [3.63, 3.8) is 0 Å². The third kappa shape index (κ3) is 3.23. The standard InChI is InChI=1S/C13H15NO4/c15-11-4-2-1-3-9(11)7-12-14-8-10(18-12)5-6-13(16)17/h1-4,10,15H,5-8H2,(H,16,17). The zero-order chi connectivity index (χ0) is 13.0. The number of carbonyl (C=O) groups is 1. The first kappa shape index (κ1) is 12.4. The van der Waals surface area contributed by atoms with Crippen molar-refractivity contribution in [2.24, 2.45) is 4.99 Å². The van der Waals surface area contributed by atoms with E-state index < -0.39 is 5.97 Å². The van der Waals surface area contributed by atoms with Crippen LogP contribution in [0, 0.1) is 0 Å². The predicted molar refractivity (Wildman–Crippen MR) is 65.9 cm³/mol. The molecule has 96 valence electrons.